The van der Waals surface area contributed by atoms with E-state index in [0.29, 0.717) is 0 Å². The maximum absolute atomic E-state index is 12.1. The molecule has 2 aliphatic rings. The van der Waals surface area contributed by atoms with Crippen molar-refractivity contribution in [1.29, 1.82) is 0 Å². The van der Waals surface area contributed by atoms with E-state index in [2.05, 4.69) is 22.2 Å². The first-order valence-corrected chi connectivity index (χ1v) is 8.34. The largest absolute Gasteiger partial charge is 0.353 e. The highest BCUT2D eigenvalue weighted by molar-refractivity contribution is 5.85. The van der Waals surface area contributed by atoms with E-state index in [1.165, 1.54) is 32.4 Å². The first-order chi connectivity index (χ1) is 9.83. The van der Waals surface area contributed by atoms with Gasteiger partial charge in [0.05, 0.1) is 5.54 Å². The van der Waals surface area contributed by atoms with Gasteiger partial charge in [0, 0.05) is 12.1 Å². The van der Waals surface area contributed by atoms with Gasteiger partial charge in [0.15, 0.2) is 0 Å². The van der Waals surface area contributed by atoms with Crippen LogP contribution in [0.3, 0.4) is 0 Å². The van der Waals surface area contributed by atoms with Gasteiger partial charge in [-0.15, -0.1) is 0 Å². The molecule has 3 N–H and O–H groups in total. The second-order valence-electron chi connectivity index (χ2n) is 7.48. The minimum absolute atomic E-state index is 0.0437. The Kier molecular flexibility index (Phi) is 5.28. The quantitative estimate of drug-likeness (QED) is 0.805. The smallest absolute Gasteiger partial charge is 0.239 e. The van der Waals surface area contributed by atoms with Crippen molar-refractivity contribution in [3.8, 4) is 0 Å². The lowest BCUT2D eigenvalue weighted by atomic mass is 9.84. The number of hydrogen-bond acceptors (Lipinski definition) is 4. The first-order valence-electron chi connectivity index (χ1n) is 8.34. The van der Waals surface area contributed by atoms with E-state index >= 15 is 0 Å². The van der Waals surface area contributed by atoms with Crippen LogP contribution in [-0.2, 0) is 4.79 Å². The van der Waals surface area contributed by atoms with Crippen LogP contribution in [0.2, 0.25) is 0 Å². The van der Waals surface area contributed by atoms with Crippen molar-refractivity contribution in [1.82, 2.24) is 15.1 Å². The van der Waals surface area contributed by atoms with Crippen molar-refractivity contribution in [2.75, 3.05) is 39.8 Å². The van der Waals surface area contributed by atoms with Crippen molar-refractivity contribution >= 4 is 5.91 Å². The second-order valence-corrected chi connectivity index (χ2v) is 7.48. The number of piperidine rings is 2. The Bertz CT molecular complexity index is 350. The molecule has 5 nitrogen and oxygen atoms in total. The number of hydrogen-bond donors (Lipinski definition) is 2. The molecule has 2 saturated heterocycles. The summed E-state index contributed by atoms with van der Waals surface area (Å²) in [6.07, 6.45) is 6.18. The van der Waals surface area contributed by atoms with Crippen LogP contribution in [0.25, 0.3) is 0 Å². The summed E-state index contributed by atoms with van der Waals surface area (Å²) in [7, 11) is 2.18. The summed E-state index contributed by atoms with van der Waals surface area (Å²) in [5.74, 6) is -0.0437. The van der Waals surface area contributed by atoms with Gasteiger partial charge < -0.3 is 16.0 Å². The summed E-state index contributed by atoms with van der Waals surface area (Å²) in [5, 5.41) is 3.12. The van der Waals surface area contributed by atoms with Gasteiger partial charge >= 0.3 is 0 Å². The van der Waals surface area contributed by atoms with Crippen molar-refractivity contribution in [2.24, 2.45) is 5.73 Å². The maximum Gasteiger partial charge on any atom is 0.239 e. The van der Waals surface area contributed by atoms with E-state index in [1.54, 1.807) is 13.8 Å². The molecule has 2 heterocycles. The monoisotopic (exact) mass is 296 g/mol. The molecule has 5 heteroatoms. The van der Waals surface area contributed by atoms with Gasteiger partial charge in [-0.2, -0.15) is 0 Å². The molecular formula is C16H32N4O. The highest BCUT2D eigenvalue weighted by atomic mass is 16.2. The first kappa shape index (κ1) is 16.7. The van der Waals surface area contributed by atoms with E-state index in [4.69, 9.17) is 5.73 Å². The second kappa shape index (κ2) is 6.63. The van der Waals surface area contributed by atoms with Gasteiger partial charge in [0.25, 0.3) is 0 Å². The average molecular weight is 296 g/mol. The molecule has 0 unspecified atom stereocenters. The van der Waals surface area contributed by atoms with E-state index in [0.717, 1.165) is 32.5 Å². The number of likely N-dealkylation sites (tertiary alicyclic amines) is 2. The topological polar surface area (TPSA) is 61.6 Å². The molecule has 0 radical (unpaired) electrons. The van der Waals surface area contributed by atoms with Crippen molar-refractivity contribution in [3.63, 3.8) is 0 Å². The summed E-state index contributed by atoms with van der Waals surface area (Å²) in [5.41, 5.74) is 5.24. The number of carbonyl (C=O) groups is 1. The Hall–Kier alpha value is -0.650. The van der Waals surface area contributed by atoms with Crippen LogP contribution < -0.4 is 11.1 Å². The average Bonchev–Trinajstić information content (AvgIpc) is 2.47. The van der Waals surface area contributed by atoms with Gasteiger partial charge in [-0.05, 0) is 72.8 Å². The third kappa shape index (κ3) is 4.18. The molecule has 0 bridgehead atoms. The lowest BCUT2D eigenvalue weighted by Gasteiger charge is -2.50. The predicted octanol–water partition coefficient (Wildman–Crippen LogP) is 0.790. The molecular weight excluding hydrogens is 264 g/mol. The molecule has 0 atom stereocenters. The van der Waals surface area contributed by atoms with Crippen LogP contribution in [0.4, 0.5) is 0 Å². The normalized spacial score (nSPS) is 24.8. The summed E-state index contributed by atoms with van der Waals surface area (Å²) < 4.78 is 0. The number of nitrogens with two attached hydrogens (primary N) is 1. The van der Waals surface area contributed by atoms with Crippen LogP contribution >= 0.6 is 0 Å². The fourth-order valence-electron chi connectivity index (χ4n) is 3.48. The van der Waals surface area contributed by atoms with Crippen LogP contribution in [0, 0.1) is 0 Å². The van der Waals surface area contributed by atoms with Crippen molar-refractivity contribution in [3.05, 3.63) is 0 Å². The Morgan fingerprint density at radius 1 is 1.14 bits per heavy atom. The van der Waals surface area contributed by atoms with Gasteiger partial charge in [-0.25, -0.2) is 0 Å². The highest BCUT2D eigenvalue weighted by Gasteiger charge is 2.40. The fourth-order valence-corrected chi connectivity index (χ4v) is 3.48. The molecule has 1 amide bonds. The van der Waals surface area contributed by atoms with Crippen LogP contribution in [0.5, 0.6) is 0 Å². The fraction of sp³-hybridized carbons (Fsp3) is 0.938. The van der Waals surface area contributed by atoms with E-state index in [-0.39, 0.29) is 11.4 Å². The zero-order chi connectivity index (χ0) is 15.5. The number of rotatable bonds is 4. The van der Waals surface area contributed by atoms with Gasteiger partial charge in [0.1, 0.15) is 0 Å². The molecule has 0 aromatic rings. The number of nitrogens with one attached hydrogen (secondary N) is 1. The minimum atomic E-state index is -0.797. The molecule has 0 spiro atoms. The molecule has 0 aliphatic carbocycles. The van der Waals surface area contributed by atoms with Gasteiger partial charge in [-0.3, -0.25) is 9.69 Å². The number of carbonyl (C=O) groups excluding carboxylic acids is 1. The molecule has 0 saturated carbocycles. The molecule has 2 rings (SSSR count). The van der Waals surface area contributed by atoms with Gasteiger partial charge in [-0.1, -0.05) is 6.42 Å². The Labute approximate surface area is 129 Å². The minimum Gasteiger partial charge on any atom is -0.353 e. The van der Waals surface area contributed by atoms with Crippen LogP contribution in [0.15, 0.2) is 0 Å². The SMILES string of the molecule is CN1CCC(CNC(=O)C(C)(C)N)(N2CCCCC2)CC1. The van der Waals surface area contributed by atoms with E-state index in [9.17, 15) is 4.79 Å². The van der Waals surface area contributed by atoms with E-state index in [1.807, 2.05) is 0 Å². The number of amides is 1. The predicted molar refractivity (Wildman–Crippen MR) is 86.2 cm³/mol. The van der Waals surface area contributed by atoms with Crippen LogP contribution in [-0.4, -0.2) is 66.6 Å². The molecule has 0 aromatic heterocycles. The van der Waals surface area contributed by atoms with E-state index < -0.39 is 5.54 Å². The lowest BCUT2D eigenvalue weighted by molar-refractivity contribution is -0.126. The van der Waals surface area contributed by atoms with Gasteiger partial charge in [0.2, 0.25) is 5.91 Å². The highest BCUT2D eigenvalue weighted by Crippen LogP contribution is 2.30. The zero-order valence-corrected chi connectivity index (χ0v) is 14.0. The molecule has 0 aromatic carbocycles. The molecule has 2 fully saturated rings. The third-order valence-corrected chi connectivity index (χ3v) is 5.11. The number of nitrogens with zero attached hydrogens (tertiary/aromatic N) is 2. The summed E-state index contributed by atoms with van der Waals surface area (Å²) in [4.78, 5) is 17.1. The standard InChI is InChI=1S/C16H32N4O/c1-15(2,17)14(21)18-13-16(7-11-19(3)12-8-16)20-9-5-4-6-10-20/h4-13,17H2,1-3H3,(H,18,21). The zero-order valence-electron chi connectivity index (χ0n) is 14.0. The van der Waals surface area contributed by atoms with Crippen molar-refractivity contribution in [2.45, 2.75) is 57.0 Å². The Morgan fingerprint density at radius 3 is 2.24 bits per heavy atom. The maximum atomic E-state index is 12.1. The molecule has 21 heavy (non-hydrogen) atoms. The summed E-state index contributed by atoms with van der Waals surface area (Å²) >= 11 is 0. The van der Waals surface area contributed by atoms with Crippen LogP contribution in [0.1, 0.15) is 46.0 Å². The van der Waals surface area contributed by atoms with Crippen molar-refractivity contribution < 1.29 is 4.79 Å². The summed E-state index contributed by atoms with van der Waals surface area (Å²) in [6.45, 7) is 8.84. The third-order valence-electron chi connectivity index (χ3n) is 5.11. The molecule has 122 valence electrons. The summed E-state index contributed by atoms with van der Waals surface area (Å²) in [6, 6.07) is 0. The Morgan fingerprint density at radius 2 is 1.71 bits per heavy atom. The Balaban J connectivity index is 2.03. The lowest BCUT2D eigenvalue weighted by Crippen LogP contribution is -2.63. The molecule has 2 aliphatic heterocycles.